The van der Waals surface area contributed by atoms with Gasteiger partial charge in [0, 0.05) is 0 Å². The molecule has 0 N–H and O–H groups in total. The standard InChI is InChI=1S/2IO4.O/c2*2-1(3,4)5;/q2*-1;+2. The highest BCUT2D eigenvalue weighted by Gasteiger charge is 2.00. The largest absolute Gasteiger partial charge is 2.00 e. The maximum Gasteiger partial charge on any atom is 2.00 e. The Kier molecular flexibility index (Phi) is 10.8. The summed E-state index contributed by atoms with van der Waals surface area (Å²) in [6, 6.07) is 0. The van der Waals surface area contributed by atoms with E-state index in [2.05, 4.69) is 0 Å². The summed E-state index contributed by atoms with van der Waals surface area (Å²) < 4.78 is 68.9. The molecule has 0 bridgehead atoms. The fourth-order valence-electron chi connectivity index (χ4n) is 0. The van der Waals surface area contributed by atoms with Crippen molar-refractivity contribution in [1.82, 2.24) is 0 Å². The zero-order chi connectivity index (χ0) is 9.00. The number of hydrogen-bond acceptors (Lipinski definition) is 8. The summed E-state index contributed by atoms with van der Waals surface area (Å²) in [7, 11) is 0. The van der Waals surface area contributed by atoms with Gasteiger partial charge in [0.25, 0.3) is 0 Å². The molecule has 0 atom stereocenters. The second-order valence-electron chi connectivity index (χ2n) is 0.756. The summed E-state index contributed by atoms with van der Waals surface area (Å²) >= 11 is -11.9. The van der Waals surface area contributed by atoms with Crippen molar-refractivity contribution < 1.29 is 73.2 Å². The minimum absolute atomic E-state index is 0. The summed E-state index contributed by atoms with van der Waals surface area (Å²) in [6.45, 7) is 0. The van der Waals surface area contributed by atoms with Crippen LogP contribution in [0.4, 0.5) is 0 Å². The third-order valence-corrected chi connectivity index (χ3v) is 0. The van der Waals surface area contributed by atoms with E-state index in [1.807, 2.05) is 0 Å². The minimum atomic E-state index is -5.94. The van der Waals surface area contributed by atoms with Gasteiger partial charge in [-0.3, -0.25) is 27.5 Å². The first kappa shape index (κ1) is 18.0. The molecule has 4 radical (unpaired) electrons. The van der Waals surface area contributed by atoms with Gasteiger partial charge in [-0.2, -0.15) is 0 Å². The van der Waals surface area contributed by atoms with Crippen LogP contribution in [0.15, 0.2) is 0 Å². The fourth-order valence-corrected chi connectivity index (χ4v) is 0. The molecule has 0 aliphatic rings. The van der Waals surface area contributed by atoms with Crippen LogP contribution < -0.4 is 67.7 Å². The van der Waals surface area contributed by atoms with E-state index >= 15 is 0 Å². The Hall–Kier alpha value is 1.10. The molecule has 11 heavy (non-hydrogen) atoms. The van der Waals surface area contributed by atoms with Crippen molar-refractivity contribution in [2.45, 2.75) is 0 Å². The van der Waals surface area contributed by atoms with Crippen molar-refractivity contribution >= 4 is 0 Å². The first-order chi connectivity index (χ1) is 4.00. The Morgan fingerprint density at radius 2 is 0.455 bits per heavy atom. The molecule has 0 aliphatic carbocycles. The predicted octanol–water partition coefficient (Wildman–Crippen LogP) is -15.6. The minimum Gasteiger partial charge on any atom is -0.286 e. The van der Waals surface area contributed by atoms with E-state index in [0.29, 0.717) is 0 Å². The van der Waals surface area contributed by atoms with E-state index in [9.17, 15) is 0 Å². The van der Waals surface area contributed by atoms with Gasteiger partial charge in [-0.05, 0) is 0 Å². The molecule has 0 aromatic carbocycles. The maximum atomic E-state index is 8.62. The molecule has 0 heterocycles. The molecule has 0 rings (SSSR count). The molecule has 0 saturated carbocycles. The monoisotopic (exact) mass is 398 g/mol. The average molecular weight is 398 g/mol. The lowest BCUT2D eigenvalue weighted by atomic mass is 16.0. The number of rotatable bonds is 0. The fraction of sp³-hybridized carbons (Fsp3) is 0. The van der Waals surface area contributed by atoms with Crippen LogP contribution in [-0.2, 0) is 5.48 Å². The SMILES string of the molecule is [O+2].[O-][I+3]([O-])([O-])[O-].[O-][I+3]([O-])([O-])[O-]. The molecule has 0 saturated heterocycles. The second-order valence-corrected chi connectivity index (χ2v) is 5.07. The highest BCUT2D eigenvalue weighted by Crippen LogP contribution is 0.109. The maximum absolute atomic E-state index is 8.62. The lowest BCUT2D eigenvalue weighted by Crippen LogP contribution is -4.29. The predicted molar refractivity (Wildman–Crippen MR) is 0.686 cm³/mol. The third-order valence-electron chi connectivity index (χ3n) is 0. The topological polar surface area (TPSA) is 213 Å². The molecule has 11 heteroatoms. The first-order valence-electron chi connectivity index (χ1n) is 1.23. The van der Waals surface area contributed by atoms with Crippen molar-refractivity contribution in [2.24, 2.45) is 0 Å². The summed E-state index contributed by atoms with van der Waals surface area (Å²) in [4.78, 5) is 0. The summed E-state index contributed by atoms with van der Waals surface area (Å²) in [5.74, 6) is 0. The van der Waals surface area contributed by atoms with Gasteiger partial charge in [-0.1, -0.05) is 0 Å². The molecule has 0 fully saturated rings. The van der Waals surface area contributed by atoms with Crippen LogP contribution in [0.2, 0.25) is 0 Å². The van der Waals surface area contributed by atoms with Crippen molar-refractivity contribution in [2.75, 3.05) is 0 Å². The lowest BCUT2D eigenvalue weighted by Gasteiger charge is -2.08. The van der Waals surface area contributed by atoms with Crippen LogP contribution in [0.25, 0.3) is 0 Å². The van der Waals surface area contributed by atoms with E-state index in [1.165, 1.54) is 0 Å². The summed E-state index contributed by atoms with van der Waals surface area (Å²) in [5.41, 5.74) is 0. The summed E-state index contributed by atoms with van der Waals surface area (Å²) in [6.07, 6.45) is 0. The third kappa shape index (κ3) is 760. The molecule has 0 aliphatic heterocycles. The molecule has 9 nitrogen and oxygen atoms in total. The molecule has 0 aromatic heterocycles. The van der Waals surface area contributed by atoms with Crippen molar-refractivity contribution in [3.63, 3.8) is 0 Å². The van der Waals surface area contributed by atoms with E-state index in [-0.39, 0.29) is 5.48 Å². The van der Waals surface area contributed by atoms with Crippen LogP contribution in [0.5, 0.6) is 0 Å². The summed E-state index contributed by atoms with van der Waals surface area (Å²) in [5, 5.41) is 0. The van der Waals surface area contributed by atoms with Gasteiger partial charge in [-0.25, -0.2) is 0 Å². The van der Waals surface area contributed by atoms with Crippen molar-refractivity contribution in [3.05, 3.63) is 0 Å². The Morgan fingerprint density at radius 3 is 0.455 bits per heavy atom. The van der Waals surface area contributed by atoms with E-state index in [4.69, 9.17) is 27.5 Å². The number of hydrogen-bond donors (Lipinski definition) is 0. The molecule has 0 spiro atoms. The second kappa shape index (κ2) is 6.60. The zero-order valence-corrected chi connectivity index (χ0v) is 8.75. The lowest BCUT2D eigenvalue weighted by molar-refractivity contribution is -2.00. The Morgan fingerprint density at radius 1 is 0.455 bits per heavy atom. The molecule has 68 valence electrons. The van der Waals surface area contributed by atoms with E-state index in [0.717, 1.165) is 0 Å². The molecule has 0 unspecified atom stereocenters. The van der Waals surface area contributed by atoms with Gasteiger partial charge in [0.15, 0.2) is 0 Å². The Labute approximate surface area is 72.9 Å². The Bertz CT molecular complexity index is 50.5. The molecule has 0 amide bonds. The van der Waals surface area contributed by atoms with Crippen LogP contribution in [-0.4, -0.2) is 0 Å². The smallest absolute Gasteiger partial charge is 0.286 e. The first-order valence-corrected chi connectivity index (χ1v) is 8.28. The highest BCUT2D eigenvalue weighted by molar-refractivity contribution is 2.01. The number of halogens is 2. The average Bonchev–Trinajstić information content (AvgIpc) is 1.12. The van der Waals surface area contributed by atoms with E-state index < -0.39 is 40.2 Å². The van der Waals surface area contributed by atoms with Crippen LogP contribution in [0, 0.1) is 0 Å². The van der Waals surface area contributed by atoms with Gasteiger partial charge in [-0.15, -0.1) is 0 Å². The quantitative estimate of drug-likeness (QED) is 0.356. The van der Waals surface area contributed by atoms with Crippen molar-refractivity contribution in [3.8, 4) is 0 Å². The van der Waals surface area contributed by atoms with Crippen LogP contribution >= 0.6 is 0 Å². The van der Waals surface area contributed by atoms with Crippen molar-refractivity contribution in [1.29, 1.82) is 0 Å². The van der Waals surface area contributed by atoms with Gasteiger partial charge in [0.2, 0.25) is 0 Å². The van der Waals surface area contributed by atoms with Crippen LogP contribution in [0.3, 0.4) is 0 Å². The normalized spacial score (nSPS) is 10.9. The van der Waals surface area contributed by atoms with Gasteiger partial charge in [0.05, 0.1) is 0 Å². The molecular formula is I2O9. The van der Waals surface area contributed by atoms with Gasteiger partial charge < -0.3 is 0 Å². The van der Waals surface area contributed by atoms with Gasteiger partial charge in [0.1, 0.15) is 40.2 Å². The molecular weight excluding hydrogens is 398 g/mol. The van der Waals surface area contributed by atoms with E-state index in [1.54, 1.807) is 0 Å². The molecule has 0 aromatic rings. The highest BCUT2D eigenvalue weighted by atomic mass is 127. The Balaban J connectivity index is -0.000000107. The van der Waals surface area contributed by atoms with Gasteiger partial charge >= 0.3 is 5.48 Å². The zero-order valence-electron chi connectivity index (χ0n) is 4.43. The van der Waals surface area contributed by atoms with Crippen LogP contribution in [0.1, 0.15) is 0 Å².